The summed E-state index contributed by atoms with van der Waals surface area (Å²) in [6.07, 6.45) is 1.99. The number of hydrogen-bond donors (Lipinski definition) is 1. The van der Waals surface area contributed by atoms with Crippen molar-refractivity contribution in [2.24, 2.45) is 5.41 Å². The molecule has 1 unspecified atom stereocenters. The number of piperidine rings is 1. The summed E-state index contributed by atoms with van der Waals surface area (Å²) in [6, 6.07) is 0.243. The van der Waals surface area contributed by atoms with Crippen LogP contribution in [0.15, 0.2) is 0 Å². The van der Waals surface area contributed by atoms with Crippen LogP contribution in [-0.4, -0.2) is 65.5 Å². The van der Waals surface area contributed by atoms with E-state index >= 15 is 0 Å². The average Bonchev–Trinajstić information content (AvgIpc) is 2.94. The molecule has 6 heteroatoms. The molecule has 0 aromatic heterocycles. The second kappa shape index (κ2) is 6.57. The second-order valence-electron chi connectivity index (χ2n) is 6.93. The first-order valence-electron chi connectivity index (χ1n) is 7.69. The third-order valence-electron chi connectivity index (χ3n) is 4.28. The highest BCUT2D eigenvalue weighted by Gasteiger charge is 2.41. The Kier molecular flexibility index (Phi) is 5.20. The number of carbonyl (C=O) groups is 2. The van der Waals surface area contributed by atoms with Crippen LogP contribution in [0.5, 0.6) is 0 Å². The number of nitrogens with zero attached hydrogens (tertiary/aromatic N) is 2. The normalized spacial score (nSPS) is 24.5. The van der Waals surface area contributed by atoms with E-state index in [0.717, 1.165) is 31.7 Å². The van der Waals surface area contributed by atoms with Crippen LogP contribution in [0.2, 0.25) is 0 Å². The van der Waals surface area contributed by atoms with Crippen molar-refractivity contribution in [2.75, 3.05) is 31.8 Å². The lowest BCUT2D eigenvalue weighted by Gasteiger charge is -2.36. The Hall–Kier alpha value is -0.750. The van der Waals surface area contributed by atoms with Crippen molar-refractivity contribution in [1.82, 2.24) is 15.1 Å². The fourth-order valence-corrected chi connectivity index (χ4v) is 4.02. The zero-order chi connectivity index (χ0) is 15.6. The standard InChI is InChI=1S/C15H27N3O2S/c1-15(2,3)14(20)18-10-21-9-12(18)13(19)17-7-5-11(16-4)6-8-17/h11-12,16H,5-10H2,1-4H3. The Morgan fingerprint density at radius 3 is 2.33 bits per heavy atom. The van der Waals surface area contributed by atoms with Crippen molar-refractivity contribution in [3.05, 3.63) is 0 Å². The van der Waals surface area contributed by atoms with Gasteiger partial charge in [-0.1, -0.05) is 20.8 Å². The van der Waals surface area contributed by atoms with Crippen LogP contribution in [0.3, 0.4) is 0 Å². The van der Waals surface area contributed by atoms with Gasteiger partial charge in [-0.15, -0.1) is 11.8 Å². The Bertz CT molecular complexity index is 400. The number of likely N-dealkylation sites (tertiary alicyclic amines) is 1. The van der Waals surface area contributed by atoms with Gasteiger partial charge < -0.3 is 15.1 Å². The first-order chi connectivity index (χ1) is 9.84. The van der Waals surface area contributed by atoms with Crippen LogP contribution in [0.1, 0.15) is 33.6 Å². The van der Waals surface area contributed by atoms with E-state index in [1.165, 1.54) is 0 Å². The molecule has 2 saturated heterocycles. The molecule has 2 aliphatic heterocycles. The van der Waals surface area contributed by atoms with Gasteiger partial charge in [0.25, 0.3) is 0 Å². The topological polar surface area (TPSA) is 52.7 Å². The molecule has 0 spiro atoms. The third-order valence-corrected chi connectivity index (χ3v) is 5.30. The van der Waals surface area contributed by atoms with Crippen LogP contribution in [0.4, 0.5) is 0 Å². The number of carbonyl (C=O) groups excluding carboxylic acids is 2. The molecule has 1 N–H and O–H groups in total. The third kappa shape index (κ3) is 3.72. The van der Waals surface area contributed by atoms with Gasteiger partial charge in [-0.3, -0.25) is 9.59 Å². The van der Waals surface area contributed by atoms with Gasteiger partial charge in [-0.25, -0.2) is 0 Å². The maximum atomic E-state index is 12.7. The van der Waals surface area contributed by atoms with Gasteiger partial charge in [0, 0.05) is 30.3 Å². The zero-order valence-corrected chi connectivity index (χ0v) is 14.3. The van der Waals surface area contributed by atoms with E-state index in [4.69, 9.17) is 0 Å². The lowest BCUT2D eigenvalue weighted by atomic mass is 9.94. The van der Waals surface area contributed by atoms with Gasteiger partial charge in [0.1, 0.15) is 6.04 Å². The number of amides is 2. The van der Waals surface area contributed by atoms with E-state index in [1.54, 1.807) is 16.7 Å². The Morgan fingerprint density at radius 2 is 1.81 bits per heavy atom. The molecule has 2 fully saturated rings. The SMILES string of the molecule is CNC1CCN(C(=O)C2CSCN2C(=O)C(C)(C)C)CC1. The summed E-state index contributed by atoms with van der Waals surface area (Å²) in [7, 11) is 1.97. The van der Waals surface area contributed by atoms with Gasteiger partial charge in [0.15, 0.2) is 0 Å². The molecule has 2 rings (SSSR count). The minimum atomic E-state index is -0.428. The largest absolute Gasteiger partial charge is 0.341 e. The summed E-state index contributed by atoms with van der Waals surface area (Å²) in [5.74, 6) is 1.58. The Labute approximate surface area is 131 Å². The smallest absolute Gasteiger partial charge is 0.246 e. The summed E-state index contributed by atoms with van der Waals surface area (Å²) in [5, 5.41) is 3.27. The molecule has 0 aromatic carbocycles. The van der Waals surface area contributed by atoms with Crippen molar-refractivity contribution in [1.29, 1.82) is 0 Å². The summed E-state index contributed by atoms with van der Waals surface area (Å²) in [4.78, 5) is 28.9. The fourth-order valence-electron chi connectivity index (χ4n) is 2.88. The minimum Gasteiger partial charge on any atom is -0.341 e. The molecular formula is C15H27N3O2S. The van der Waals surface area contributed by atoms with E-state index in [0.29, 0.717) is 11.9 Å². The molecule has 0 saturated carbocycles. The van der Waals surface area contributed by atoms with Crippen molar-refractivity contribution >= 4 is 23.6 Å². The highest BCUT2D eigenvalue weighted by Crippen LogP contribution is 2.29. The second-order valence-corrected chi connectivity index (χ2v) is 7.93. The molecule has 0 radical (unpaired) electrons. The predicted octanol–water partition coefficient (Wildman–Crippen LogP) is 1.14. The number of nitrogens with one attached hydrogen (secondary N) is 1. The maximum Gasteiger partial charge on any atom is 0.246 e. The molecule has 0 aliphatic carbocycles. The van der Waals surface area contributed by atoms with Gasteiger partial charge >= 0.3 is 0 Å². The van der Waals surface area contributed by atoms with Gasteiger partial charge in [-0.2, -0.15) is 0 Å². The van der Waals surface area contributed by atoms with Crippen LogP contribution in [0, 0.1) is 5.41 Å². The van der Waals surface area contributed by atoms with E-state index < -0.39 is 5.41 Å². The predicted molar refractivity (Wildman–Crippen MR) is 86.1 cm³/mol. The van der Waals surface area contributed by atoms with E-state index in [1.807, 2.05) is 32.7 Å². The fraction of sp³-hybridized carbons (Fsp3) is 0.867. The quantitative estimate of drug-likeness (QED) is 0.831. The molecule has 0 bridgehead atoms. The highest BCUT2D eigenvalue weighted by molar-refractivity contribution is 7.99. The van der Waals surface area contributed by atoms with Gasteiger partial charge in [0.05, 0.1) is 5.88 Å². The zero-order valence-electron chi connectivity index (χ0n) is 13.5. The number of thioether (sulfide) groups is 1. The Balaban J connectivity index is 2.00. The lowest BCUT2D eigenvalue weighted by Crippen LogP contribution is -2.54. The average molecular weight is 313 g/mol. The van der Waals surface area contributed by atoms with Crippen LogP contribution < -0.4 is 5.32 Å². The molecule has 1 atom stereocenters. The summed E-state index contributed by atoms with van der Waals surface area (Å²) in [6.45, 7) is 7.33. The van der Waals surface area contributed by atoms with Gasteiger partial charge in [-0.05, 0) is 19.9 Å². The molecule has 120 valence electrons. The van der Waals surface area contributed by atoms with Crippen LogP contribution in [-0.2, 0) is 9.59 Å². The molecular weight excluding hydrogens is 286 g/mol. The minimum absolute atomic E-state index is 0.0796. The highest BCUT2D eigenvalue weighted by atomic mass is 32.2. The first kappa shape index (κ1) is 16.6. The number of hydrogen-bond acceptors (Lipinski definition) is 4. The van der Waals surface area contributed by atoms with Crippen molar-refractivity contribution in [3.63, 3.8) is 0 Å². The number of rotatable bonds is 2. The van der Waals surface area contributed by atoms with Crippen molar-refractivity contribution < 1.29 is 9.59 Å². The summed E-state index contributed by atoms with van der Waals surface area (Å²) >= 11 is 1.68. The summed E-state index contributed by atoms with van der Waals surface area (Å²) in [5.41, 5.74) is -0.428. The molecule has 2 heterocycles. The maximum absolute atomic E-state index is 12.7. The lowest BCUT2D eigenvalue weighted by molar-refractivity contribution is -0.148. The molecule has 0 aromatic rings. The van der Waals surface area contributed by atoms with E-state index in [9.17, 15) is 9.59 Å². The first-order valence-corrected chi connectivity index (χ1v) is 8.85. The molecule has 2 amide bonds. The summed E-state index contributed by atoms with van der Waals surface area (Å²) < 4.78 is 0. The van der Waals surface area contributed by atoms with Crippen LogP contribution >= 0.6 is 11.8 Å². The van der Waals surface area contributed by atoms with E-state index in [2.05, 4.69) is 5.32 Å². The Morgan fingerprint density at radius 1 is 1.19 bits per heavy atom. The van der Waals surface area contributed by atoms with E-state index in [-0.39, 0.29) is 17.9 Å². The van der Waals surface area contributed by atoms with Gasteiger partial charge in [0.2, 0.25) is 11.8 Å². The molecule has 21 heavy (non-hydrogen) atoms. The molecule has 2 aliphatic rings. The van der Waals surface area contributed by atoms with Crippen molar-refractivity contribution in [3.8, 4) is 0 Å². The van der Waals surface area contributed by atoms with Crippen LogP contribution in [0.25, 0.3) is 0 Å². The monoisotopic (exact) mass is 313 g/mol. The molecule has 5 nitrogen and oxygen atoms in total. The van der Waals surface area contributed by atoms with Crippen molar-refractivity contribution in [2.45, 2.75) is 45.7 Å².